The Morgan fingerprint density at radius 2 is 1.87 bits per heavy atom. The Kier molecular flexibility index (Phi) is 3.32. The number of pyridine rings is 1. The monoisotopic (exact) mass is 320 g/mol. The SMILES string of the molecule is Nc1cc(Nc2nccc3nc(-c4ccccc4)sc23)ncn1. The fourth-order valence-electron chi connectivity index (χ4n) is 2.21. The van der Waals surface area contributed by atoms with Gasteiger partial charge in [0.05, 0.1) is 10.2 Å². The summed E-state index contributed by atoms with van der Waals surface area (Å²) in [5, 5.41) is 4.14. The first-order valence-electron chi connectivity index (χ1n) is 6.95. The number of fused-ring (bicyclic) bond motifs is 1. The molecule has 112 valence electrons. The van der Waals surface area contributed by atoms with Gasteiger partial charge in [-0.1, -0.05) is 30.3 Å². The molecule has 0 saturated carbocycles. The van der Waals surface area contributed by atoms with Crippen LogP contribution in [0.3, 0.4) is 0 Å². The van der Waals surface area contributed by atoms with Gasteiger partial charge in [-0.25, -0.2) is 19.9 Å². The summed E-state index contributed by atoms with van der Waals surface area (Å²) in [6.45, 7) is 0. The zero-order valence-corrected chi connectivity index (χ0v) is 12.8. The highest BCUT2D eigenvalue weighted by molar-refractivity contribution is 7.22. The first-order chi connectivity index (χ1) is 11.3. The third-order valence-corrected chi connectivity index (χ3v) is 4.39. The number of nitrogens with two attached hydrogens (primary N) is 1. The van der Waals surface area contributed by atoms with E-state index in [-0.39, 0.29) is 0 Å². The van der Waals surface area contributed by atoms with Crippen molar-refractivity contribution in [1.82, 2.24) is 19.9 Å². The average Bonchev–Trinajstić information content (AvgIpc) is 3.01. The number of benzene rings is 1. The Hall–Kier alpha value is -3.06. The Bertz CT molecular complexity index is 967. The van der Waals surface area contributed by atoms with E-state index in [1.165, 1.54) is 6.33 Å². The van der Waals surface area contributed by atoms with Crippen LogP contribution in [0.4, 0.5) is 17.5 Å². The van der Waals surface area contributed by atoms with Crippen LogP contribution < -0.4 is 11.1 Å². The molecule has 7 heteroatoms. The van der Waals surface area contributed by atoms with Crippen LogP contribution in [-0.4, -0.2) is 19.9 Å². The lowest BCUT2D eigenvalue weighted by molar-refractivity contribution is 1.17. The topological polar surface area (TPSA) is 89.6 Å². The number of nitrogen functional groups attached to an aromatic ring is 1. The molecule has 0 radical (unpaired) electrons. The number of aromatic nitrogens is 4. The summed E-state index contributed by atoms with van der Waals surface area (Å²) in [6, 6.07) is 13.7. The molecule has 3 heterocycles. The summed E-state index contributed by atoms with van der Waals surface area (Å²) in [5.74, 6) is 1.72. The summed E-state index contributed by atoms with van der Waals surface area (Å²) >= 11 is 1.59. The van der Waals surface area contributed by atoms with E-state index in [0.717, 1.165) is 20.8 Å². The van der Waals surface area contributed by atoms with Gasteiger partial charge in [0.25, 0.3) is 0 Å². The normalized spacial score (nSPS) is 10.8. The first kappa shape index (κ1) is 13.6. The van der Waals surface area contributed by atoms with Gasteiger partial charge in [0, 0.05) is 17.8 Å². The van der Waals surface area contributed by atoms with Gasteiger partial charge in [-0.15, -0.1) is 11.3 Å². The van der Waals surface area contributed by atoms with Crippen LogP contribution in [0, 0.1) is 0 Å². The number of thiazole rings is 1. The zero-order valence-electron chi connectivity index (χ0n) is 12.0. The number of nitrogens with one attached hydrogen (secondary N) is 1. The molecule has 23 heavy (non-hydrogen) atoms. The first-order valence-corrected chi connectivity index (χ1v) is 7.77. The summed E-state index contributed by atoms with van der Waals surface area (Å²) in [5.41, 5.74) is 7.67. The molecule has 4 rings (SSSR count). The molecule has 6 nitrogen and oxygen atoms in total. The minimum atomic E-state index is 0.406. The third kappa shape index (κ3) is 2.69. The zero-order chi connectivity index (χ0) is 15.6. The maximum absolute atomic E-state index is 5.68. The Balaban J connectivity index is 1.77. The number of hydrogen-bond donors (Lipinski definition) is 2. The Labute approximate surface area is 136 Å². The predicted octanol–water partition coefficient (Wildman–Crippen LogP) is 3.47. The van der Waals surface area contributed by atoms with E-state index in [4.69, 9.17) is 5.73 Å². The summed E-state index contributed by atoms with van der Waals surface area (Å²) in [4.78, 5) is 17.1. The van der Waals surface area contributed by atoms with Crippen molar-refractivity contribution in [2.45, 2.75) is 0 Å². The van der Waals surface area contributed by atoms with Crippen LogP contribution in [0.25, 0.3) is 20.8 Å². The average molecular weight is 320 g/mol. The molecule has 0 unspecified atom stereocenters. The molecule has 3 aromatic heterocycles. The van der Waals surface area contributed by atoms with E-state index >= 15 is 0 Å². The molecule has 0 aliphatic carbocycles. The highest BCUT2D eigenvalue weighted by atomic mass is 32.1. The molecule has 0 atom stereocenters. The second kappa shape index (κ2) is 5.62. The fourth-order valence-corrected chi connectivity index (χ4v) is 3.22. The molecular formula is C16H12N6S. The molecule has 1 aromatic carbocycles. The molecule has 0 aliphatic rings. The van der Waals surface area contributed by atoms with Crippen LogP contribution in [0.5, 0.6) is 0 Å². The van der Waals surface area contributed by atoms with Gasteiger partial charge in [0.1, 0.15) is 23.0 Å². The van der Waals surface area contributed by atoms with Gasteiger partial charge in [0.15, 0.2) is 5.82 Å². The number of nitrogens with zero attached hydrogens (tertiary/aromatic N) is 4. The predicted molar refractivity (Wildman–Crippen MR) is 92.6 cm³/mol. The van der Waals surface area contributed by atoms with Crippen molar-refractivity contribution in [3.8, 4) is 10.6 Å². The summed E-state index contributed by atoms with van der Waals surface area (Å²) in [6.07, 6.45) is 3.14. The minimum absolute atomic E-state index is 0.406. The van der Waals surface area contributed by atoms with Crippen molar-refractivity contribution in [2.24, 2.45) is 0 Å². The number of rotatable bonds is 3. The van der Waals surface area contributed by atoms with E-state index in [0.29, 0.717) is 17.5 Å². The molecule has 0 spiro atoms. The van der Waals surface area contributed by atoms with E-state index in [1.807, 2.05) is 36.4 Å². The maximum atomic E-state index is 5.68. The molecule has 0 aliphatic heterocycles. The van der Waals surface area contributed by atoms with Gasteiger partial charge in [0.2, 0.25) is 0 Å². The lowest BCUT2D eigenvalue weighted by atomic mass is 10.2. The molecule has 3 N–H and O–H groups in total. The van der Waals surface area contributed by atoms with Crippen molar-refractivity contribution in [3.05, 3.63) is 55.0 Å². The van der Waals surface area contributed by atoms with Crippen LogP contribution in [-0.2, 0) is 0 Å². The van der Waals surface area contributed by atoms with E-state index < -0.39 is 0 Å². The number of hydrogen-bond acceptors (Lipinski definition) is 7. The second-order valence-electron chi connectivity index (χ2n) is 4.85. The minimum Gasteiger partial charge on any atom is -0.384 e. The quantitative estimate of drug-likeness (QED) is 0.601. The van der Waals surface area contributed by atoms with Crippen LogP contribution in [0.15, 0.2) is 55.0 Å². The highest BCUT2D eigenvalue weighted by Gasteiger charge is 2.11. The van der Waals surface area contributed by atoms with Gasteiger partial charge < -0.3 is 11.1 Å². The van der Waals surface area contributed by atoms with Gasteiger partial charge >= 0.3 is 0 Å². The molecule has 0 fully saturated rings. The summed E-state index contributed by atoms with van der Waals surface area (Å²) in [7, 11) is 0. The summed E-state index contributed by atoms with van der Waals surface area (Å²) < 4.78 is 0.975. The molecule has 4 aromatic rings. The number of anilines is 3. The lowest BCUT2D eigenvalue weighted by Gasteiger charge is -2.04. The van der Waals surface area contributed by atoms with Gasteiger partial charge in [-0.2, -0.15) is 0 Å². The van der Waals surface area contributed by atoms with Crippen LogP contribution in [0.2, 0.25) is 0 Å². The molecule has 0 amide bonds. The lowest BCUT2D eigenvalue weighted by Crippen LogP contribution is -1.98. The van der Waals surface area contributed by atoms with Crippen LogP contribution in [0.1, 0.15) is 0 Å². The maximum Gasteiger partial charge on any atom is 0.151 e. The smallest absolute Gasteiger partial charge is 0.151 e. The van der Waals surface area contributed by atoms with Crippen molar-refractivity contribution in [1.29, 1.82) is 0 Å². The highest BCUT2D eigenvalue weighted by Crippen LogP contribution is 2.34. The van der Waals surface area contributed by atoms with Crippen molar-refractivity contribution in [3.63, 3.8) is 0 Å². The van der Waals surface area contributed by atoms with Crippen molar-refractivity contribution >= 4 is 39.0 Å². The van der Waals surface area contributed by atoms with E-state index in [1.54, 1.807) is 23.6 Å². The molecule has 0 saturated heterocycles. The third-order valence-electron chi connectivity index (χ3n) is 3.26. The molecule has 0 bridgehead atoms. The van der Waals surface area contributed by atoms with Gasteiger partial charge in [-0.3, -0.25) is 0 Å². The van der Waals surface area contributed by atoms with Crippen molar-refractivity contribution in [2.75, 3.05) is 11.1 Å². The van der Waals surface area contributed by atoms with Gasteiger partial charge in [-0.05, 0) is 6.07 Å². The van der Waals surface area contributed by atoms with Crippen LogP contribution >= 0.6 is 11.3 Å². The second-order valence-corrected chi connectivity index (χ2v) is 5.85. The fraction of sp³-hybridized carbons (Fsp3) is 0. The Morgan fingerprint density at radius 3 is 2.70 bits per heavy atom. The largest absolute Gasteiger partial charge is 0.384 e. The van der Waals surface area contributed by atoms with E-state index in [9.17, 15) is 0 Å². The van der Waals surface area contributed by atoms with Crippen molar-refractivity contribution < 1.29 is 0 Å². The molecular weight excluding hydrogens is 308 g/mol. The standard InChI is InChI=1S/C16H12N6S/c17-12-8-13(20-9-19-12)22-15-14-11(6-7-18-15)21-16(23-14)10-4-2-1-3-5-10/h1-9H,(H3,17,18,19,20,22). The van der Waals surface area contributed by atoms with E-state index in [2.05, 4.69) is 25.3 Å². The Morgan fingerprint density at radius 1 is 1.00 bits per heavy atom.